The van der Waals surface area contributed by atoms with Crippen molar-refractivity contribution in [1.29, 1.82) is 0 Å². The van der Waals surface area contributed by atoms with E-state index < -0.39 is 0 Å². The van der Waals surface area contributed by atoms with Gasteiger partial charge in [0.1, 0.15) is 0 Å². The Hall–Kier alpha value is -0.730. The van der Waals surface area contributed by atoms with Crippen LogP contribution in [0.4, 0.5) is 5.69 Å². The van der Waals surface area contributed by atoms with Crippen molar-refractivity contribution in [3.05, 3.63) is 29.3 Å². The molecule has 1 heterocycles. The summed E-state index contributed by atoms with van der Waals surface area (Å²) in [4.78, 5) is 2.53. The van der Waals surface area contributed by atoms with Gasteiger partial charge in [-0.2, -0.15) is 0 Å². The minimum atomic E-state index is 0. The van der Waals surface area contributed by atoms with Crippen LogP contribution in [-0.4, -0.2) is 24.5 Å². The second kappa shape index (κ2) is 7.01. The highest BCUT2D eigenvalue weighted by atomic mass is 35.5. The number of para-hydroxylation sites is 1. The maximum Gasteiger partial charge on any atom is 0.0419 e. The standard InChI is InChI=1S/C15H24N2.ClH/c1-4-17(10-12(2)3)11-14-7-5-6-13-8-9-16-15(13)14;/h5-7,12,16H,4,8-11H2,1-3H3;1H. The molecule has 0 fully saturated rings. The van der Waals surface area contributed by atoms with Gasteiger partial charge in [0, 0.05) is 25.3 Å². The van der Waals surface area contributed by atoms with Gasteiger partial charge in [0.05, 0.1) is 0 Å². The summed E-state index contributed by atoms with van der Waals surface area (Å²) in [7, 11) is 0. The highest BCUT2D eigenvalue weighted by molar-refractivity contribution is 5.85. The molecule has 0 aliphatic carbocycles. The molecular formula is C15H25ClN2. The number of nitrogens with one attached hydrogen (secondary N) is 1. The molecular weight excluding hydrogens is 244 g/mol. The fraction of sp³-hybridized carbons (Fsp3) is 0.600. The van der Waals surface area contributed by atoms with Gasteiger partial charge >= 0.3 is 0 Å². The molecule has 102 valence electrons. The van der Waals surface area contributed by atoms with Crippen molar-refractivity contribution in [3.8, 4) is 0 Å². The molecule has 0 amide bonds. The first-order chi connectivity index (χ1) is 8.20. The van der Waals surface area contributed by atoms with Crippen molar-refractivity contribution in [2.24, 2.45) is 5.92 Å². The van der Waals surface area contributed by atoms with Crippen LogP contribution in [0.2, 0.25) is 0 Å². The first-order valence-corrected chi connectivity index (χ1v) is 6.77. The summed E-state index contributed by atoms with van der Waals surface area (Å²) in [5, 5.41) is 3.52. The van der Waals surface area contributed by atoms with E-state index in [0.717, 1.165) is 25.6 Å². The minimum Gasteiger partial charge on any atom is -0.384 e. The zero-order chi connectivity index (χ0) is 12.3. The highest BCUT2D eigenvalue weighted by Gasteiger charge is 2.15. The van der Waals surface area contributed by atoms with Crippen LogP contribution in [0.25, 0.3) is 0 Å². The minimum absolute atomic E-state index is 0. The van der Waals surface area contributed by atoms with E-state index in [9.17, 15) is 0 Å². The van der Waals surface area contributed by atoms with Gasteiger partial charge in [-0.15, -0.1) is 12.4 Å². The van der Waals surface area contributed by atoms with E-state index in [4.69, 9.17) is 0 Å². The fourth-order valence-corrected chi connectivity index (χ4v) is 2.61. The Labute approximate surface area is 117 Å². The van der Waals surface area contributed by atoms with Crippen LogP contribution in [0, 0.1) is 5.92 Å². The smallest absolute Gasteiger partial charge is 0.0419 e. The van der Waals surface area contributed by atoms with Crippen molar-refractivity contribution < 1.29 is 0 Å². The van der Waals surface area contributed by atoms with Gasteiger partial charge in [-0.3, -0.25) is 4.90 Å². The lowest BCUT2D eigenvalue weighted by Crippen LogP contribution is -2.27. The molecule has 0 saturated heterocycles. The second-order valence-corrected chi connectivity index (χ2v) is 5.35. The van der Waals surface area contributed by atoms with Gasteiger partial charge in [0.25, 0.3) is 0 Å². The summed E-state index contributed by atoms with van der Waals surface area (Å²) in [5.74, 6) is 0.736. The van der Waals surface area contributed by atoms with Crippen LogP contribution in [-0.2, 0) is 13.0 Å². The van der Waals surface area contributed by atoms with Gasteiger partial charge in [-0.1, -0.05) is 39.0 Å². The van der Waals surface area contributed by atoms with Gasteiger partial charge in [-0.25, -0.2) is 0 Å². The molecule has 18 heavy (non-hydrogen) atoms. The van der Waals surface area contributed by atoms with E-state index in [-0.39, 0.29) is 12.4 Å². The van der Waals surface area contributed by atoms with E-state index in [1.54, 1.807) is 0 Å². The Morgan fingerprint density at radius 2 is 2.11 bits per heavy atom. The monoisotopic (exact) mass is 268 g/mol. The predicted octanol–water partition coefficient (Wildman–Crippen LogP) is 3.55. The van der Waals surface area contributed by atoms with E-state index in [1.165, 1.54) is 29.8 Å². The molecule has 0 unspecified atom stereocenters. The van der Waals surface area contributed by atoms with Crippen LogP contribution >= 0.6 is 12.4 Å². The molecule has 1 aliphatic heterocycles. The first-order valence-electron chi connectivity index (χ1n) is 6.77. The van der Waals surface area contributed by atoms with Crippen molar-refractivity contribution in [1.82, 2.24) is 4.90 Å². The Bertz CT molecular complexity index is 377. The number of hydrogen-bond donors (Lipinski definition) is 1. The summed E-state index contributed by atoms with van der Waals surface area (Å²) < 4.78 is 0. The van der Waals surface area contributed by atoms with Crippen molar-refractivity contribution in [3.63, 3.8) is 0 Å². The number of rotatable bonds is 5. The third-order valence-electron chi connectivity index (χ3n) is 3.40. The molecule has 0 bridgehead atoms. The molecule has 1 aromatic carbocycles. The predicted molar refractivity (Wildman–Crippen MR) is 81.7 cm³/mol. The van der Waals surface area contributed by atoms with Crippen LogP contribution < -0.4 is 5.32 Å². The van der Waals surface area contributed by atoms with Gasteiger partial charge < -0.3 is 5.32 Å². The molecule has 1 aliphatic rings. The Morgan fingerprint density at radius 3 is 2.78 bits per heavy atom. The zero-order valence-corrected chi connectivity index (χ0v) is 12.5. The quantitative estimate of drug-likeness (QED) is 0.879. The third kappa shape index (κ3) is 3.63. The second-order valence-electron chi connectivity index (χ2n) is 5.35. The topological polar surface area (TPSA) is 15.3 Å². The molecule has 2 rings (SSSR count). The number of benzene rings is 1. The van der Waals surface area contributed by atoms with Crippen LogP contribution in [0.1, 0.15) is 31.9 Å². The van der Waals surface area contributed by atoms with Crippen molar-refractivity contribution in [2.45, 2.75) is 33.7 Å². The molecule has 0 aromatic heterocycles. The van der Waals surface area contributed by atoms with Gasteiger partial charge in [-0.05, 0) is 30.0 Å². The lowest BCUT2D eigenvalue weighted by Gasteiger charge is -2.23. The normalized spacial score (nSPS) is 13.4. The average Bonchev–Trinajstić information content (AvgIpc) is 2.76. The number of hydrogen-bond acceptors (Lipinski definition) is 2. The first kappa shape index (κ1) is 15.3. The molecule has 3 heteroatoms. The summed E-state index contributed by atoms with van der Waals surface area (Å²) in [6, 6.07) is 6.71. The van der Waals surface area contributed by atoms with Crippen molar-refractivity contribution >= 4 is 18.1 Å². The molecule has 1 N–H and O–H groups in total. The van der Waals surface area contributed by atoms with Crippen LogP contribution in [0.5, 0.6) is 0 Å². The fourth-order valence-electron chi connectivity index (χ4n) is 2.61. The van der Waals surface area contributed by atoms with E-state index in [2.05, 4.69) is 49.2 Å². The molecule has 0 radical (unpaired) electrons. The van der Waals surface area contributed by atoms with Crippen LogP contribution in [0.15, 0.2) is 18.2 Å². The molecule has 0 atom stereocenters. The molecule has 0 saturated carbocycles. The van der Waals surface area contributed by atoms with E-state index >= 15 is 0 Å². The summed E-state index contributed by atoms with van der Waals surface area (Å²) in [6.07, 6.45) is 1.18. The Kier molecular flexibility index (Phi) is 5.97. The van der Waals surface area contributed by atoms with Gasteiger partial charge in [0.15, 0.2) is 0 Å². The maximum absolute atomic E-state index is 3.52. The Balaban J connectivity index is 0.00000162. The third-order valence-corrected chi connectivity index (χ3v) is 3.40. The maximum atomic E-state index is 3.52. The summed E-state index contributed by atoms with van der Waals surface area (Å²) in [5.41, 5.74) is 4.35. The van der Waals surface area contributed by atoms with E-state index in [1.807, 2.05) is 0 Å². The lowest BCUT2D eigenvalue weighted by atomic mass is 10.1. The molecule has 1 aromatic rings. The SMILES string of the molecule is CCN(Cc1cccc2c1NCC2)CC(C)C.Cl. The van der Waals surface area contributed by atoms with Gasteiger partial charge in [0.2, 0.25) is 0 Å². The molecule has 0 spiro atoms. The lowest BCUT2D eigenvalue weighted by molar-refractivity contribution is 0.249. The largest absolute Gasteiger partial charge is 0.384 e. The van der Waals surface area contributed by atoms with Crippen LogP contribution in [0.3, 0.4) is 0 Å². The highest BCUT2D eigenvalue weighted by Crippen LogP contribution is 2.27. The number of nitrogens with zero attached hydrogens (tertiary/aromatic N) is 1. The average molecular weight is 269 g/mol. The summed E-state index contributed by atoms with van der Waals surface area (Å²) >= 11 is 0. The number of fused-ring (bicyclic) bond motifs is 1. The molecule has 2 nitrogen and oxygen atoms in total. The number of halogens is 1. The summed E-state index contributed by atoms with van der Waals surface area (Å²) in [6.45, 7) is 11.3. The number of anilines is 1. The van der Waals surface area contributed by atoms with E-state index in [0.29, 0.717) is 0 Å². The van der Waals surface area contributed by atoms with Crippen molar-refractivity contribution in [2.75, 3.05) is 25.0 Å². The Morgan fingerprint density at radius 1 is 1.33 bits per heavy atom. The zero-order valence-electron chi connectivity index (χ0n) is 11.7.